The molecule has 0 saturated carbocycles. The zero-order valence-corrected chi connectivity index (χ0v) is 6.69. The van der Waals surface area contributed by atoms with Gasteiger partial charge in [-0.3, -0.25) is 0 Å². The van der Waals surface area contributed by atoms with E-state index in [1.165, 1.54) is 5.57 Å². The lowest BCUT2D eigenvalue weighted by Gasteiger charge is -2.01. The number of hydrogen-bond donors (Lipinski definition) is 1. The number of halogens is 1. The fraction of sp³-hybridized carbons (Fsp3) is 0.286. The number of hydrogen-bond acceptors (Lipinski definition) is 2. The highest BCUT2D eigenvalue weighted by atomic mass is 35.5. The molecule has 56 valence electrons. The first-order valence-corrected chi connectivity index (χ1v) is 2.94. The van der Waals surface area contributed by atoms with Crippen molar-refractivity contribution in [3.05, 3.63) is 23.8 Å². The van der Waals surface area contributed by atoms with Crippen LogP contribution in [0.15, 0.2) is 28.9 Å². The van der Waals surface area contributed by atoms with Crippen molar-refractivity contribution in [3.8, 4) is 0 Å². The van der Waals surface area contributed by atoms with Crippen molar-refractivity contribution in [3.63, 3.8) is 0 Å². The fourth-order valence-corrected chi connectivity index (χ4v) is 0.725. The van der Waals surface area contributed by atoms with Gasteiger partial charge in [-0.25, -0.2) is 0 Å². The third-order valence-electron chi connectivity index (χ3n) is 1.34. The molecule has 0 aromatic heterocycles. The Morgan fingerprint density at radius 2 is 2.20 bits per heavy atom. The van der Waals surface area contributed by atoms with E-state index in [1.54, 1.807) is 0 Å². The summed E-state index contributed by atoms with van der Waals surface area (Å²) in [6.45, 7) is 2.06. The average Bonchev–Trinajstić information content (AvgIpc) is 1.90. The minimum atomic E-state index is 0. The molecule has 1 aliphatic carbocycles. The second-order valence-electron chi connectivity index (χ2n) is 2.11. The Hall–Kier alpha value is -0.760. The van der Waals surface area contributed by atoms with Crippen molar-refractivity contribution in [1.29, 1.82) is 0 Å². The molecule has 0 aromatic rings. The highest BCUT2D eigenvalue weighted by Gasteiger charge is 1.96. The molecule has 0 aromatic carbocycles. The predicted octanol–water partition coefficient (Wildman–Crippen LogP) is 1.63. The summed E-state index contributed by atoms with van der Waals surface area (Å²) in [5.41, 5.74) is 2.23. The molecule has 1 aliphatic rings. The van der Waals surface area contributed by atoms with Gasteiger partial charge in [0.15, 0.2) is 0 Å². The Kier molecular flexibility index (Phi) is 3.81. The lowest BCUT2D eigenvalue weighted by atomic mass is 10.1. The number of nitrogens with zero attached hydrogens (tertiary/aromatic N) is 1. The summed E-state index contributed by atoms with van der Waals surface area (Å²) in [6.07, 6.45) is 6.93. The molecule has 0 heterocycles. The van der Waals surface area contributed by atoms with Gasteiger partial charge in [0, 0.05) is 6.42 Å². The van der Waals surface area contributed by atoms with E-state index >= 15 is 0 Å². The van der Waals surface area contributed by atoms with Crippen molar-refractivity contribution < 1.29 is 0 Å². The van der Waals surface area contributed by atoms with Crippen molar-refractivity contribution in [2.75, 3.05) is 0 Å². The Bertz CT molecular complexity index is 192. The molecule has 2 nitrogen and oxygen atoms in total. The van der Waals surface area contributed by atoms with Crippen LogP contribution in [0.3, 0.4) is 0 Å². The van der Waals surface area contributed by atoms with Crippen LogP contribution in [0.4, 0.5) is 0 Å². The van der Waals surface area contributed by atoms with E-state index in [1.807, 2.05) is 12.2 Å². The highest BCUT2D eigenvalue weighted by molar-refractivity contribution is 5.97. The minimum absolute atomic E-state index is 0. The van der Waals surface area contributed by atoms with Crippen LogP contribution < -0.4 is 5.84 Å². The molecule has 0 radical (unpaired) electrons. The average molecular weight is 159 g/mol. The van der Waals surface area contributed by atoms with Crippen molar-refractivity contribution in [1.82, 2.24) is 0 Å². The summed E-state index contributed by atoms with van der Waals surface area (Å²) in [6, 6.07) is 0. The Morgan fingerprint density at radius 1 is 1.50 bits per heavy atom. The second kappa shape index (κ2) is 4.12. The fourth-order valence-electron chi connectivity index (χ4n) is 0.725. The largest absolute Gasteiger partial charge is 0.323 e. The molecule has 1 rings (SSSR count). The van der Waals surface area contributed by atoms with E-state index in [2.05, 4.69) is 18.1 Å². The SMILES string of the molecule is CC1=CCC(=NN)C=C1.Cl. The standard InChI is InChI=1S/C7H10N2.ClH/c1-6-2-4-7(9-8)5-3-6;/h2-4H,5,8H2,1H3;1H. The van der Waals surface area contributed by atoms with Crippen molar-refractivity contribution in [2.45, 2.75) is 13.3 Å². The van der Waals surface area contributed by atoms with Crippen LogP contribution in [0.5, 0.6) is 0 Å². The minimum Gasteiger partial charge on any atom is -0.323 e. The van der Waals surface area contributed by atoms with Crippen LogP contribution in [0.2, 0.25) is 0 Å². The van der Waals surface area contributed by atoms with Crippen LogP contribution in [0.1, 0.15) is 13.3 Å². The van der Waals surface area contributed by atoms with Gasteiger partial charge in [0.05, 0.1) is 5.71 Å². The molecule has 3 heteroatoms. The van der Waals surface area contributed by atoms with Gasteiger partial charge in [0.25, 0.3) is 0 Å². The van der Waals surface area contributed by atoms with Gasteiger partial charge in [-0.05, 0) is 13.0 Å². The molecular weight excluding hydrogens is 148 g/mol. The first-order chi connectivity index (χ1) is 4.33. The molecule has 2 N–H and O–H groups in total. The summed E-state index contributed by atoms with van der Waals surface area (Å²) in [5.74, 6) is 5.06. The lowest BCUT2D eigenvalue weighted by Crippen LogP contribution is -1.99. The van der Waals surface area contributed by atoms with Gasteiger partial charge in [-0.15, -0.1) is 12.4 Å². The molecule has 10 heavy (non-hydrogen) atoms. The zero-order chi connectivity index (χ0) is 6.69. The smallest absolute Gasteiger partial charge is 0.0638 e. The van der Waals surface area contributed by atoms with E-state index < -0.39 is 0 Å². The first-order valence-electron chi connectivity index (χ1n) is 2.94. The maximum absolute atomic E-state index is 5.06. The summed E-state index contributed by atoms with van der Waals surface area (Å²) in [4.78, 5) is 0. The summed E-state index contributed by atoms with van der Waals surface area (Å²) < 4.78 is 0. The van der Waals surface area contributed by atoms with Gasteiger partial charge >= 0.3 is 0 Å². The van der Waals surface area contributed by atoms with Crippen molar-refractivity contribution in [2.24, 2.45) is 10.9 Å². The number of allylic oxidation sites excluding steroid dienone is 4. The van der Waals surface area contributed by atoms with E-state index in [4.69, 9.17) is 5.84 Å². The predicted molar refractivity (Wildman–Crippen MR) is 46.4 cm³/mol. The third-order valence-corrected chi connectivity index (χ3v) is 1.34. The van der Waals surface area contributed by atoms with Gasteiger partial charge in [0.1, 0.15) is 0 Å². The summed E-state index contributed by atoms with van der Waals surface area (Å²) in [7, 11) is 0. The highest BCUT2D eigenvalue weighted by Crippen LogP contribution is 2.05. The van der Waals surface area contributed by atoms with Gasteiger partial charge in [0.2, 0.25) is 0 Å². The van der Waals surface area contributed by atoms with E-state index in [0.29, 0.717) is 0 Å². The van der Waals surface area contributed by atoms with Gasteiger partial charge in [-0.1, -0.05) is 17.7 Å². The quantitative estimate of drug-likeness (QED) is 0.423. The number of nitrogens with two attached hydrogens (primary N) is 1. The zero-order valence-electron chi connectivity index (χ0n) is 5.87. The molecule has 0 atom stereocenters. The Morgan fingerprint density at radius 3 is 2.60 bits per heavy atom. The van der Waals surface area contributed by atoms with E-state index in [9.17, 15) is 0 Å². The maximum atomic E-state index is 5.06. The van der Waals surface area contributed by atoms with E-state index in [-0.39, 0.29) is 12.4 Å². The van der Waals surface area contributed by atoms with Gasteiger partial charge in [-0.2, -0.15) is 5.10 Å². The lowest BCUT2D eigenvalue weighted by molar-refractivity contribution is 1.21. The molecule has 0 aliphatic heterocycles. The van der Waals surface area contributed by atoms with Crippen LogP contribution in [-0.4, -0.2) is 5.71 Å². The van der Waals surface area contributed by atoms with Crippen LogP contribution in [0, 0.1) is 0 Å². The Labute approximate surface area is 66.9 Å². The molecular formula is C7H11ClN2. The van der Waals surface area contributed by atoms with Crippen LogP contribution in [-0.2, 0) is 0 Å². The summed E-state index contributed by atoms with van der Waals surface area (Å²) >= 11 is 0. The number of rotatable bonds is 0. The molecule has 0 bridgehead atoms. The second-order valence-corrected chi connectivity index (χ2v) is 2.11. The summed E-state index contributed by atoms with van der Waals surface area (Å²) in [5, 5.41) is 3.57. The van der Waals surface area contributed by atoms with Crippen LogP contribution in [0.25, 0.3) is 0 Å². The van der Waals surface area contributed by atoms with E-state index in [0.717, 1.165) is 12.1 Å². The molecule has 0 saturated heterocycles. The Balaban J connectivity index is 0.000000810. The molecule has 0 fully saturated rings. The molecule has 0 amide bonds. The first kappa shape index (κ1) is 9.24. The third kappa shape index (κ3) is 2.23. The van der Waals surface area contributed by atoms with Crippen molar-refractivity contribution >= 4 is 18.1 Å². The monoisotopic (exact) mass is 158 g/mol. The van der Waals surface area contributed by atoms with Gasteiger partial charge < -0.3 is 5.84 Å². The maximum Gasteiger partial charge on any atom is 0.0638 e. The molecule has 0 spiro atoms. The van der Waals surface area contributed by atoms with Crippen LogP contribution >= 0.6 is 12.4 Å². The normalized spacial score (nSPS) is 20.1. The number of hydrazone groups is 1. The molecule has 0 unspecified atom stereocenters. The topological polar surface area (TPSA) is 38.4 Å².